The first kappa shape index (κ1) is 16.3. The van der Waals surface area contributed by atoms with Crippen molar-refractivity contribution in [2.24, 2.45) is 0 Å². The topological polar surface area (TPSA) is 38.2 Å². The summed E-state index contributed by atoms with van der Waals surface area (Å²) in [6.45, 7) is 2.21. The molecule has 1 aliphatic heterocycles. The van der Waals surface area contributed by atoms with E-state index in [4.69, 9.17) is 9.72 Å². The van der Waals surface area contributed by atoms with Crippen LogP contribution in [0.4, 0.5) is 11.6 Å². The van der Waals surface area contributed by atoms with Gasteiger partial charge in [-0.05, 0) is 54.8 Å². The van der Waals surface area contributed by atoms with Gasteiger partial charge in [0.05, 0.1) is 12.8 Å². The fraction of sp³-hybridized carbons (Fsp3) is 0.182. The number of methoxy groups -OCH3 is 1. The highest BCUT2D eigenvalue weighted by atomic mass is 16.5. The summed E-state index contributed by atoms with van der Waals surface area (Å²) in [6, 6.07) is 18.7. The summed E-state index contributed by atoms with van der Waals surface area (Å²) in [7, 11) is 1.67. The molecule has 4 heteroatoms. The highest BCUT2D eigenvalue weighted by Gasteiger charge is 2.28. The summed E-state index contributed by atoms with van der Waals surface area (Å²) in [6.07, 6.45) is 6.90. The number of para-hydroxylation sites is 1. The summed E-state index contributed by atoms with van der Waals surface area (Å²) < 4.78 is 5.19. The molecule has 1 unspecified atom stereocenters. The third-order valence-corrected chi connectivity index (χ3v) is 4.65. The summed E-state index contributed by atoms with van der Waals surface area (Å²) in [5, 5.41) is 0. The number of ether oxygens (including phenoxy) is 1. The number of fused-ring (bicyclic) bond motifs is 1. The third-order valence-electron chi connectivity index (χ3n) is 4.65. The van der Waals surface area contributed by atoms with Gasteiger partial charge in [-0.25, -0.2) is 9.97 Å². The first-order valence-corrected chi connectivity index (χ1v) is 8.77. The predicted molar refractivity (Wildman–Crippen MR) is 106 cm³/mol. The van der Waals surface area contributed by atoms with Gasteiger partial charge in [-0.2, -0.15) is 0 Å². The van der Waals surface area contributed by atoms with Crippen LogP contribution in [0, 0.1) is 0 Å². The van der Waals surface area contributed by atoms with Gasteiger partial charge in [0.2, 0.25) is 5.95 Å². The van der Waals surface area contributed by atoms with Crippen LogP contribution >= 0.6 is 0 Å². The zero-order chi connectivity index (χ0) is 17.9. The van der Waals surface area contributed by atoms with Crippen molar-refractivity contribution in [2.45, 2.75) is 19.4 Å². The fourth-order valence-electron chi connectivity index (χ4n) is 3.34. The van der Waals surface area contributed by atoms with E-state index in [1.165, 1.54) is 11.3 Å². The molecule has 0 saturated carbocycles. The Morgan fingerprint density at radius 3 is 2.65 bits per heavy atom. The molecule has 0 radical (unpaired) electrons. The quantitative estimate of drug-likeness (QED) is 0.686. The Hall–Kier alpha value is -3.14. The van der Waals surface area contributed by atoms with Crippen molar-refractivity contribution in [3.05, 3.63) is 77.6 Å². The van der Waals surface area contributed by atoms with Gasteiger partial charge in [0.1, 0.15) is 5.75 Å². The summed E-state index contributed by atoms with van der Waals surface area (Å²) in [5.74, 6) is 1.60. The monoisotopic (exact) mass is 343 g/mol. The van der Waals surface area contributed by atoms with Gasteiger partial charge in [0.25, 0.3) is 0 Å². The smallest absolute Gasteiger partial charge is 0.230 e. The van der Waals surface area contributed by atoms with Gasteiger partial charge < -0.3 is 9.64 Å². The second-order valence-corrected chi connectivity index (χ2v) is 6.44. The average Bonchev–Trinajstić information content (AvgIpc) is 3.02. The zero-order valence-corrected chi connectivity index (χ0v) is 15.0. The number of aromatic nitrogens is 2. The van der Waals surface area contributed by atoms with Crippen LogP contribution in [-0.4, -0.2) is 23.1 Å². The van der Waals surface area contributed by atoms with Gasteiger partial charge in [0, 0.05) is 17.9 Å². The minimum absolute atomic E-state index is 0.355. The molecule has 0 saturated heterocycles. The Kier molecular flexibility index (Phi) is 4.40. The molecule has 0 amide bonds. The lowest BCUT2D eigenvalue weighted by atomic mass is 10.1. The van der Waals surface area contributed by atoms with E-state index < -0.39 is 0 Å². The van der Waals surface area contributed by atoms with E-state index in [2.05, 4.69) is 41.1 Å². The molecule has 4 nitrogen and oxygen atoms in total. The lowest BCUT2D eigenvalue weighted by molar-refractivity contribution is 0.415. The van der Waals surface area contributed by atoms with E-state index in [0.29, 0.717) is 6.04 Å². The van der Waals surface area contributed by atoms with Gasteiger partial charge in [-0.1, -0.05) is 36.4 Å². The average molecular weight is 343 g/mol. The van der Waals surface area contributed by atoms with Crippen LogP contribution < -0.4 is 9.64 Å². The normalized spacial score (nSPS) is 16.1. The number of hydrogen-bond acceptors (Lipinski definition) is 4. The standard InChI is InChI=1S/C22H21N3O/c1-16-15-18-5-3-4-6-21(18)25(16)22-23-14-13-19(24-22)10-7-17-8-11-20(26-2)12-9-17/h3-14,16H,15H2,1-2H3/b10-7+. The zero-order valence-electron chi connectivity index (χ0n) is 15.0. The minimum Gasteiger partial charge on any atom is -0.497 e. The molecule has 26 heavy (non-hydrogen) atoms. The molecule has 2 heterocycles. The van der Waals surface area contributed by atoms with E-state index in [1.54, 1.807) is 7.11 Å². The maximum Gasteiger partial charge on any atom is 0.230 e. The van der Waals surface area contributed by atoms with E-state index in [-0.39, 0.29) is 0 Å². The number of anilines is 2. The molecule has 0 aliphatic carbocycles. The number of rotatable bonds is 4. The van der Waals surface area contributed by atoms with Crippen molar-refractivity contribution >= 4 is 23.8 Å². The van der Waals surface area contributed by atoms with Gasteiger partial charge >= 0.3 is 0 Å². The molecule has 1 atom stereocenters. The highest BCUT2D eigenvalue weighted by Crippen LogP contribution is 2.36. The van der Waals surface area contributed by atoms with Crippen LogP contribution in [0.5, 0.6) is 5.75 Å². The number of nitrogens with zero attached hydrogens (tertiary/aromatic N) is 3. The fourth-order valence-corrected chi connectivity index (χ4v) is 3.34. The van der Waals surface area contributed by atoms with Crippen LogP contribution in [0.15, 0.2) is 60.8 Å². The van der Waals surface area contributed by atoms with E-state index in [1.807, 2.05) is 48.7 Å². The molecular weight excluding hydrogens is 322 g/mol. The Morgan fingerprint density at radius 2 is 1.85 bits per heavy atom. The Morgan fingerprint density at radius 1 is 1.04 bits per heavy atom. The van der Waals surface area contributed by atoms with Crippen molar-refractivity contribution in [3.8, 4) is 5.75 Å². The number of hydrogen-bond donors (Lipinski definition) is 0. The molecule has 3 aromatic rings. The lowest BCUT2D eigenvalue weighted by Crippen LogP contribution is -2.25. The second kappa shape index (κ2) is 7.00. The van der Waals surface area contributed by atoms with Crippen molar-refractivity contribution in [2.75, 3.05) is 12.0 Å². The Bertz CT molecular complexity index is 934. The molecule has 1 aliphatic rings. The predicted octanol–water partition coefficient (Wildman–Crippen LogP) is 4.74. The molecule has 4 rings (SSSR count). The Labute approximate surface area is 153 Å². The van der Waals surface area contributed by atoms with Crippen LogP contribution in [-0.2, 0) is 6.42 Å². The summed E-state index contributed by atoms with van der Waals surface area (Å²) in [4.78, 5) is 11.5. The van der Waals surface area contributed by atoms with Crippen LogP contribution in [0.25, 0.3) is 12.2 Å². The second-order valence-electron chi connectivity index (χ2n) is 6.44. The SMILES string of the molecule is COc1ccc(/C=C/c2ccnc(N3c4ccccc4CC3C)n2)cc1. The molecule has 130 valence electrons. The molecule has 0 N–H and O–H groups in total. The summed E-state index contributed by atoms with van der Waals surface area (Å²) in [5.41, 5.74) is 4.55. The minimum atomic E-state index is 0.355. The Balaban J connectivity index is 1.60. The molecule has 0 bridgehead atoms. The third kappa shape index (κ3) is 3.18. The summed E-state index contributed by atoms with van der Waals surface area (Å²) >= 11 is 0. The van der Waals surface area contributed by atoms with Gasteiger partial charge in [-0.3, -0.25) is 0 Å². The highest BCUT2D eigenvalue weighted by molar-refractivity contribution is 5.70. The van der Waals surface area contributed by atoms with Crippen molar-refractivity contribution < 1.29 is 4.74 Å². The van der Waals surface area contributed by atoms with E-state index >= 15 is 0 Å². The molecule has 0 spiro atoms. The van der Waals surface area contributed by atoms with Crippen LogP contribution in [0.1, 0.15) is 23.7 Å². The molecular formula is C22H21N3O. The molecule has 1 aromatic heterocycles. The van der Waals surface area contributed by atoms with Crippen LogP contribution in [0.2, 0.25) is 0 Å². The van der Waals surface area contributed by atoms with E-state index in [9.17, 15) is 0 Å². The van der Waals surface area contributed by atoms with Gasteiger partial charge in [0.15, 0.2) is 0 Å². The molecule has 0 fully saturated rings. The number of benzene rings is 2. The largest absolute Gasteiger partial charge is 0.497 e. The van der Waals surface area contributed by atoms with Gasteiger partial charge in [-0.15, -0.1) is 0 Å². The van der Waals surface area contributed by atoms with Crippen molar-refractivity contribution in [3.63, 3.8) is 0 Å². The van der Waals surface area contributed by atoms with Crippen molar-refractivity contribution in [1.29, 1.82) is 0 Å². The maximum absolute atomic E-state index is 5.19. The first-order valence-electron chi connectivity index (χ1n) is 8.77. The van der Waals surface area contributed by atoms with Crippen molar-refractivity contribution in [1.82, 2.24) is 9.97 Å². The lowest BCUT2D eigenvalue weighted by Gasteiger charge is -2.22. The first-order chi connectivity index (χ1) is 12.7. The maximum atomic E-state index is 5.19. The molecule has 2 aromatic carbocycles. The van der Waals surface area contributed by atoms with E-state index in [0.717, 1.165) is 29.4 Å². The van der Waals surface area contributed by atoms with Crippen LogP contribution in [0.3, 0.4) is 0 Å².